The molecule has 1 N–H and O–H groups in total. The van der Waals surface area contributed by atoms with Gasteiger partial charge in [-0.1, -0.05) is 43.4 Å². The Balaban J connectivity index is 2.33. The van der Waals surface area contributed by atoms with Crippen LogP contribution in [0, 0.1) is 5.92 Å². The second kappa shape index (κ2) is 7.70. The molecule has 7 heteroatoms. The fourth-order valence-electron chi connectivity index (χ4n) is 2.03. The Hall–Kier alpha value is -0.730. The number of sulfonamides is 1. The third-order valence-electron chi connectivity index (χ3n) is 3.26. The fraction of sp³-hybridized carbons (Fsp3) is 0.267. The van der Waals surface area contributed by atoms with E-state index in [1.165, 1.54) is 23.1 Å². The summed E-state index contributed by atoms with van der Waals surface area (Å²) in [6.45, 7) is 1.96. The van der Waals surface area contributed by atoms with Gasteiger partial charge in [0.05, 0.1) is 15.1 Å². The number of thioether (sulfide) groups is 1. The average Bonchev–Trinajstić information content (AvgIpc) is 3.06. The molecule has 0 amide bonds. The molecule has 2 rings (SSSR count). The largest absolute Gasteiger partial charge is 0.241 e. The van der Waals surface area contributed by atoms with Gasteiger partial charge in [-0.05, 0) is 29.8 Å². The molecule has 118 valence electrons. The van der Waals surface area contributed by atoms with E-state index in [-0.39, 0.29) is 16.9 Å². The van der Waals surface area contributed by atoms with Gasteiger partial charge >= 0.3 is 0 Å². The SMILES string of the molecule is CSC(=S)[C@H](C)[C@H](NS(=O)(=O)c1ccccc1)c1cccs1. The molecule has 0 unspecified atom stereocenters. The molecule has 0 saturated carbocycles. The van der Waals surface area contributed by atoms with Crippen LogP contribution in [0.25, 0.3) is 0 Å². The molecule has 0 saturated heterocycles. The van der Waals surface area contributed by atoms with Crippen molar-refractivity contribution in [1.29, 1.82) is 0 Å². The number of hydrogen-bond acceptors (Lipinski definition) is 5. The first kappa shape index (κ1) is 17.6. The summed E-state index contributed by atoms with van der Waals surface area (Å²) in [5, 5.41) is 1.94. The Morgan fingerprint density at radius 2 is 1.91 bits per heavy atom. The van der Waals surface area contributed by atoms with Crippen molar-refractivity contribution >= 4 is 49.5 Å². The monoisotopic (exact) mass is 371 g/mol. The second-order valence-corrected chi connectivity index (χ2v) is 8.98. The normalized spacial score (nSPS) is 14.5. The zero-order valence-electron chi connectivity index (χ0n) is 12.2. The molecule has 1 aromatic carbocycles. The molecule has 2 aromatic rings. The summed E-state index contributed by atoms with van der Waals surface area (Å²) in [6.07, 6.45) is 1.91. The predicted octanol–water partition coefficient (Wildman–Crippen LogP) is 4.09. The first-order chi connectivity index (χ1) is 10.5. The predicted molar refractivity (Wildman–Crippen MR) is 99.1 cm³/mol. The third-order valence-corrected chi connectivity index (χ3v) is 7.32. The number of nitrogens with one attached hydrogen (secondary N) is 1. The number of thiophene rings is 1. The van der Waals surface area contributed by atoms with Crippen molar-refractivity contribution in [3.8, 4) is 0 Å². The van der Waals surface area contributed by atoms with E-state index < -0.39 is 10.0 Å². The van der Waals surface area contributed by atoms with Crippen LogP contribution < -0.4 is 4.72 Å². The number of rotatable bonds is 6. The Morgan fingerprint density at radius 3 is 2.45 bits per heavy atom. The quantitative estimate of drug-likeness (QED) is 0.777. The summed E-state index contributed by atoms with van der Waals surface area (Å²) in [5.41, 5.74) is 0. The lowest BCUT2D eigenvalue weighted by molar-refractivity contribution is 0.524. The van der Waals surface area contributed by atoms with Gasteiger partial charge in [-0.25, -0.2) is 13.1 Å². The number of thiocarbonyl (C=S) groups is 1. The van der Waals surface area contributed by atoms with Gasteiger partial charge in [-0.15, -0.1) is 23.1 Å². The van der Waals surface area contributed by atoms with Crippen molar-refractivity contribution < 1.29 is 8.42 Å². The van der Waals surface area contributed by atoms with E-state index in [0.717, 1.165) is 9.07 Å². The van der Waals surface area contributed by atoms with Gasteiger partial charge < -0.3 is 0 Å². The van der Waals surface area contributed by atoms with Crippen LogP contribution in [0.1, 0.15) is 17.8 Å². The van der Waals surface area contributed by atoms with Crippen LogP contribution in [0.15, 0.2) is 52.7 Å². The molecular formula is C15H17NO2S4. The molecule has 3 nitrogen and oxygen atoms in total. The van der Waals surface area contributed by atoms with Gasteiger partial charge in [0.15, 0.2) is 0 Å². The molecule has 0 aliphatic rings. The van der Waals surface area contributed by atoms with Crippen LogP contribution in [-0.4, -0.2) is 18.9 Å². The van der Waals surface area contributed by atoms with E-state index in [2.05, 4.69) is 4.72 Å². The van der Waals surface area contributed by atoms with E-state index in [1.54, 1.807) is 30.3 Å². The zero-order chi connectivity index (χ0) is 16.2. The van der Waals surface area contributed by atoms with Crippen LogP contribution >= 0.6 is 35.3 Å². The van der Waals surface area contributed by atoms with Crippen molar-refractivity contribution in [1.82, 2.24) is 4.72 Å². The smallest absolute Gasteiger partial charge is 0.207 e. The average molecular weight is 372 g/mol. The molecule has 0 bridgehead atoms. The first-order valence-electron chi connectivity index (χ1n) is 6.64. The topological polar surface area (TPSA) is 46.2 Å². The van der Waals surface area contributed by atoms with Gasteiger partial charge in [-0.3, -0.25) is 0 Å². The van der Waals surface area contributed by atoms with Crippen molar-refractivity contribution in [2.24, 2.45) is 5.92 Å². The summed E-state index contributed by atoms with van der Waals surface area (Å²) in [6, 6.07) is 11.9. The van der Waals surface area contributed by atoms with Crippen LogP contribution in [0.4, 0.5) is 0 Å². The fourth-order valence-corrected chi connectivity index (χ4v) is 4.95. The minimum atomic E-state index is -3.58. The number of hydrogen-bond donors (Lipinski definition) is 1. The van der Waals surface area contributed by atoms with Gasteiger partial charge in [0.2, 0.25) is 10.0 Å². The molecule has 0 aliphatic heterocycles. The molecule has 22 heavy (non-hydrogen) atoms. The standard InChI is InChI=1S/C15H17NO2S4/c1-11(15(19)20-2)14(13-9-6-10-21-13)16-22(17,18)12-7-4-3-5-8-12/h3-11,14,16H,1-2H3/t11-,14+/m1/s1. The van der Waals surface area contributed by atoms with E-state index in [9.17, 15) is 8.42 Å². The van der Waals surface area contributed by atoms with Crippen LogP contribution in [0.5, 0.6) is 0 Å². The maximum Gasteiger partial charge on any atom is 0.241 e. The second-order valence-electron chi connectivity index (χ2n) is 4.74. The van der Waals surface area contributed by atoms with Gasteiger partial charge in [-0.2, -0.15) is 0 Å². The highest BCUT2D eigenvalue weighted by molar-refractivity contribution is 8.22. The molecule has 0 aliphatic carbocycles. The summed E-state index contributed by atoms with van der Waals surface area (Å²) in [7, 11) is -3.58. The molecule has 0 spiro atoms. The highest BCUT2D eigenvalue weighted by Gasteiger charge is 2.28. The van der Waals surface area contributed by atoms with Gasteiger partial charge in [0.1, 0.15) is 0 Å². The Morgan fingerprint density at radius 1 is 1.23 bits per heavy atom. The van der Waals surface area contributed by atoms with Crippen LogP contribution in [0.2, 0.25) is 0 Å². The Labute approximate surface area is 145 Å². The van der Waals surface area contributed by atoms with Crippen molar-refractivity contribution in [2.45, 2.75) is 17.9 Å². The van der Waals surface area contributed by atoms with Gasteiger partial charge in [0, 0.05) is 10.8 Å². The van der Waals surface area contributed by atoms with Crippen molar-refractivity contribution in [3.63, 3.8) is 0 Å². The lowest BCUT2D eigenvalue weighted by Gasteiger charge is -2.24. The van der Waals surface area contributed by atoms with Gasteiger partial charge in [0.25, 0.3) is 0 Å². The lowest BCUT2D eigenvalue weighted by Crippen LogP contribution is -2.34. The summed E-state index contributed by atoms with van der Waals surface area (Å²) < 4.78 is 28.8. The minimum absolute atomic E-state index is 0.0814. The Bertz CT molecular complexity index is 711. The first-order valence-corrected chi connectivity index (χ1v) is 10.6. The highest BCUT2D eigenvalue weighted by atomic mass is 32.2. The van der Waals surface area contributed by atoms with Crippen molar-refractivity contribution in [2.75, 3.05) is 6.26 Å². The molecular weight excluding hydrogens is 354 g/mol. The molecule has 2 atom stereocenters. The molecule has 1 heterocycles. The molecule has 0 fully saturated rings. The van der Waals surface area contributed by atoms with E-state index >= 15 is 0 Å². The van der Waals surface area contributed by atoms with Crippen molar-refractivity contribution in [3.05, 3.63) is 52.7 Å². The van der Waals surface area contributed by atoms with E-state index in [4.69, 9.17) is 12.2 Å². The third kappa shape index (κ3) is 4.17. The minimum Gasteiger partial charge on any atom is -0.207 e. The van der Waals surface area contributed by atoms with E-state index in [0.29, 0.717) is 0 Å². The van der Waals surface area contributed by atoms with E-state index in [1.807, 2.05) is 30.7 Å². The zero-order valence-corrected chi connectivity index (χ0v) is 15.5. The summed E-state index contributed by atoms with van der Waals surface area (Å²) >= 11 is 8.38. The Kier molecular flexibility index (Phi) is 6.17. The lowest BCUT2D eigenvalue weighted by atomic mass is 10.0. The maximum absolute atomic E-state index is 12.6. The van der Waals surface area contributed by atoms with Crippen LogP contribution in [0.3, 0.4) is 0 Å². The highest BCUT2D eigenvalue weighted by Crippen LogP contribution is 2.31. The summed E-state index contributed by atoms with van der Waals surface area (Å²) in [5.74, 6) is -0.0814. The molecule has 1 aromatic heterocycles. The summed E-state index contributed by atoms with van der Waals surface area (Å²) in [4.78, 5) is 1.22. The molecule has 0 radical (unpaired) electrons. The van der Waals surface area contributed by atoms with Crippen LogP contribution in [-0.2, 0) is 10.0 Å². The maximum atomic E-state index is 12.6. The number of benzene rings is 1.